The van der Waals surface area contributed by atoms with Crippen LogP contribution in [0.5, 0.6) is 0 Å². The highest BCUT2D eigenvalue weighted by Crippen LogP contribution is 2.51. The van der Waals surface area contributed by atoms with Crippen molar-refractivity contribution in [3.05, 3.63) is 82.6 Å². The summed E-state index contributed by atoms with van der Waals surface area (Å²) in [6, 6.07) is 12.0. The van der Waals surface area contributed by atoms with Crippen LogP contribution < -0.4 is 20.1 Å². The van der Waals surface area contributed by atoms with Gasteiger partial charge >= 0.3 is 0 Å². The van der Waals surface area contributed by atoms with Gasteiger partial charge in [0.1, 0.15) is 24.7 Å². The third-order valence-corrected chi connectivity index (χ3v) is 14.0. The van der Waals surface area contributed by atoms with Gasteiger partial charge in [-0.25, -0.2) is 4.58 Å². The summed E-state index contributed by atoms with van der Waals surface area (Å²) >= 11 is 0. The zero-order valence-electron chi connectivity index (χ0n) is 40.1. The second-order valence-corrected chi connectivity index (χ2v) is 22.4. The molecule has 1 aromatic carbocycles. The van der Waals surface area contributed by atoms with Gasteiger partial charge < -0.3 is 33.6 Å². The molecule has 1 aromatic rings. The number of allylic oxidation sites excluding steroid dienone is 3. The number of carbonyl (C=O) groups is 1. The minimum atomic E-state index is -4.60. The average molecular weight is 1010 g/mol. The molecule has 3 aliphatic rings. The number of nitrogens with one attached hydrogen (secondary N) is 1. The number of methoxy groups -OCH3 is 1. The molecule has 0 saturated carbocycles. The van der Waals surface area contributed by atoms with Crippen molar-refractivity contribution >= 4 is 48.0 Å². The van der Waals surface area contributed by atoms with Crippen LogP contribution in [0.3, 0.4) is 0 Å². The Kier molecular flexibility index (Phi) is 21.4. The van der Waals surface area contributed by atoms with Gasteiger partial charge in [-0.05, 0) is 80.1 Å². The third-order valence-electron chi connectivity index (χ3n) is 11.6. The molecule has 0 fully saturated rings. The second-order valence-electron chi connectivity index (χ2n) is 17.9. The second kappa shape index (κ2) is 25.7. The first kappa shape index (κ1) is 56.6. The number of nitrogens with zero attached hydrogens (tertiary/aromatic N) is 2. The van der Waals surface area contributed by atoms with Crippen LogP contribution in [0, 0.1) is 0 Å². The molecule has 0 bridgehead atoms. The first-order valence-electron chi connectivity index (χ1n) is 22.7. The predicted octanol–water partition coefficient (Wildman–Crippen LogP) is 5.32. The smallest absolute Gasteiger partial charge is 0.294 e. The number of hydrogen-bond acceptors (Lipinski definition) is 13. The summed E-state index contributed by atoms with van der Waals surface area (Å²) < 4.78 is 131. The van der Waals surface area contributed by atoms with Crippen molar-refractivity contribution in [2.45, 2.75) is 88.4 Å². The van der Waals surface area contributed by atoms with Crippen LogP contribution in [-0.4, -0.2) is 136 Å². The number of hydrogen-bond donors (Lipinski definition) is 4. The summed E-state index contributed by atoms with van der Waals surface area (Å²) in [7, 11) is -9.91. The summed E-state index contributed by atoms with van der Waals surface area (Å²) in [6.45, 7) is 12.0. The van der Waals surface area contributed by atoms with E-state index < -0.39 is 52.7 Å². The molecule has 2 heterocycles. The fourth-order valence-corrected chi connectivity index (χ4v) is 9.49. The maximum absolute atomic E-state index is 12.4. The molecule has 1 aliphatic carbocycles. The van der Waals surface area contributed by atoms with Crippen LogP contribution in [0.1, 0.15) is 89.5 Å². The van der Waals surface area contributed by atoms with Crippen molar-refractivity contribution in [1.29, 1.82) is 0 Å². The molecule has 0 spiro atoms. The lowest BCUT2D eigenvalue weighted by atomic mass is 9.77. The average Bonchev–Trinajstić information content (AvgIpc) is 3.48. The van der Waals surface area contributed by atoms with Crippen LogP contribution in [0.4, 0.5) is 5.69 Å². The maximum atomic E-state index is 12.4. The zero-order chi connectivity index (χ0) is 50.2. The Morgan fingerprint density at radius 3 is 2.07 bits per heavy atom. The van der Waals surface area contributed by atoms with E-state index in [0.29, 0.717) is 114 Å². The molecule has 18 nitrogen and oxygen atoms in total. The fraction of sp³-hybridized carbons (Fsp3) is 0.574. The van der Waals surface area contributed by atoms with Crippen LogP contribution in [-0.2, 0) is 64.9 Å². The topological polar surface area (TPSA) is 249 Å². The molecule has 380 valence electrons. The summed E-state index contributed by atoms with van der Waals surface area (Å²) in [5.74, 6) is 0.249. The summed E-state index contributed by atoms with van der Waals surface area (Å²) in [4.78, 5) is 13.7. The number of carbonyl (C=O) groups excluding carboxylic acids is 1. The largest absolute Gasteiger partial charge is 0.460 e. The van der Waals surface area contributed by atoms with Crippen molar-refractivity contribution in [1.82, 2.24) is 9.89 Å². The van der Waals surface area contributed by atoms with E-state index in [-0.39, 0.29) is 30.1 Å². The van der Waals surface area contributed by atoms with Gasteiger partial charge in [0.25, 0.3) is 30.4 Å². The number of ether oxygens (including phenoxy) is 4. The van der Waals surface area contributed by atoms with E-state index >= 15 is 0 Å². The van der Waals surface area contributed by atoms with Crippen molar-refractivity contribution < 1.29 is 67.1 Å². The minimum Gasteiger partial charge on any atom is -0.460 e. The van der Waals surface area contributed by atoms with Gasteiger partial charge in [0, 0.05) is 67.4 Å². The number of unbranched alkanes of at least 4 members (excludes halogenated alkanes) is 2. The molecule has 4 rings (SSSR count). The molecular weight excluding hydrogens is 943 g/mol. The van der Waals surface area contributed by atoms with E-state index in [1.54, 1.807) is 20.2 Å². The van der Waals surface area contributed by atoms with Crippen molar-refractivity contribution in [3.63, 3.8) is 0 Å². The first-order chi connectivity index (χ1) is 32.0. The predicted molar refractivity (Wildman–Crippen MR) is 261 cm³/mol. The van der Waals surface area contributed by atoms with Crippen molar-refractivity contribution in [2.75, 3.05) is 96.4 Å². The highest BCUT2D eigenvalue weighted by atomic mass is 32.2. The normalized spacial score (nSPS) is 16.8. The van der Waals surface area contributed by atoms with Gasteiger partial charge in [-0.2, -0.15) is 25.3 Å². The Morgan fingerprint density at radius 1 is 0.809 bits per heavy atom. The molecule has 1 unspecified atom stereocenters. The Hall–Kier alpha value is -4.03. The van der Waals surface area contributed by atoms with Gasteiger partial charge in [0.15, 0.2) is 6.54 Å². The fourth-order valence-electron chi connectivity index (χ4n) is 7.98. The number of anilines is 1. The minimum absolute atomic E-state index is 0.0488. The van der Waals surface area contributed by atoms with E-state index in [1.165, 1.54) is 12.1 Å². The SMILES string of the molecule is CNC(=O)CCCCCN1/C(=C\C=C\c2cc(C(C)(C)C)oc3cc(=[N+](CCCS(=O)(=O)O)CCOCCOCCOCCOC)ccc2-3)C(C)(CCCS(=O)(=O)O)c2cc(S(=O)(=O)O)ccc21. The number of fused-ring (bicyclic) bond motifs is 2. The molecule has 0 radical (unpaired) electrons. The molecule has 68 heavy (non-hydrogen) atoms. The Morgan fingerprint density at radius 2 is 1.46 bits per heavy atom. The van der Waals surface area contributed by atoms with Crippen LogP contribution in [0.2, 0.25) is 0 Å². The standard InChI is InChI=1S/C47H69N3O15S3/c1-46(2,3)44-33-36(39-18-16-37(34-42(39)65-44)49(21-12-32-67(55,56)57)23-24-62-27-28-64-30-29-63-26-25-61-6)13-10-14-43-47(4,20-11-31-66(52,53)54)40-35-38(68(58,59)60)17-19-41(40)50(43)22-9-7-8-15-45(51)48-5/h10,13-14,16-19,33-35H,7-9,11-12,15,20-32H2,1-6H3,(H3-,48,51,52,53,54,55,56,57,58,59,60)/p+1. The summed E-state index contributed by atoms with van der Waals surface area (Å²) in [6.07, 6.45) is 8.52. The Balaban J connectivity index is 1.75. The molecule has 0 aromatic heterocycles. The molecule has 4 N–H and O–H groups in total. The Bertz CT molecular complexity index is 2590. The lowest BCUT2D eigenvalue weighted by molar-refractivity contribution is -0.120. The number of benzene rings is 2. The van der Waals surface area contributed by atoms with E-state index in [2.05, 4.69) is 10.2 Å². The first-order valence-corrected chi connectivity index (χ1v) is 27.4. The van der Waals surface area contributed by atoms with Gasteiger partial charge in [-0.15, -0.1) is 0 Å². The van der Waals surface area contributed by atoms with Gasteiger partial charge in [0.2, 0.25) is 11.3 Å². The zero-order valence-corrected chi connectivity index (χ0v) is 42.5. The summed E-state index contributed by atoms with van der Waals surface area (Å²) in [5, 5.41) is 3.37. The highest BCUT2D eigenvalue weighted by Gasteiger charge is 2.43. The lowest BCUT2D eigenvalue weighted by Gasteiger charge is -2.30. The number of amides is 1. The van der Waals surface area contributed by atoms with E-state index in [1.807, 2.05) is 74.8 Å². The third kappa shape index (κ3) is 17.7. The van der Waals surface area contributed by atoms with Crippen LogP contribution in [0.25, 0.3) is 17.4 Å². The molecular formula is C47H70N3O15S3+. The molecule has 1 amide bonds. The monoisotopic (exact) mass is 1010 g/mol. The molecule has 0 saturated heterocycles. The highest BCUT2D eigenvalue weighted by molar-refractivity contribution is 7.86. The van der Waals surface area contributed by atoms with Gasteiger partial charge in [-0.3, -0.25) is 18.5 Å². The molecule has 1 atom stereocenters. The molecule has 2 aliphatic heterocycles. The van der Waals surface area contributed by atoms with Crippen LogP contribution in [0.15, 0.2) is 69.6 Å². The maximum Gasteiger partial charge on any atom is 0.294 e. The van der Waals surface area contributed by atoms with E-state index in [4.69, 9.17) is 23.4 Å². The van der Waals surface area contributed by atoms with Gasteiger partial charge in [-0.1, -0.05) is 39.3 Å². The Labute approximate surface area is 402 Å². The van der Waals surface area contributed by atoms with Crippen molar-refractivity contribution in [2.24, 2.45) is 0 Å². The lowest BCUT2D eigenvalue weighted by Crippen LogP contribution is -2.35. The van der Waals surface area contributed by atoms with E-state index in [9.17, 15) is 43.7 Å². The summed E-state index contributed by atoms with van der Waals surface area (Å²) in [5.41, 5.74) is 2.17. The van der Waals surface area contributed by atoms with Crippen molar-refractivity contribution in [3.8, 4) is 11.3 Å². The van der Waals surface area contributed by atoms with E-state index in [0.717, 1.165) is 22.2 Å². The quantitative estimate of drug-likeness (QED) is 0.0390. The molecule has 21 heteroatoms. The van der Waals surface area contributed by atoms with Gasteiger partial charge in [0.05, 0.1) is 62.1 Å². The number of rotatable bonds is 29. The van der Waals surface area contributed by atoms with Crippen LogP contribution >= 0.6 is 0 Å².